The fraction of sp³-hybridized carbons (Fsp3) is 0.583. The molecule has 0 spiro atoms. The summed E-state index contributed by atoms with van der Waals surface area (Å²) < 4.78 is 63.5. The third-order valence-electron chi connectivity index (χ3n) is 6.23. The Morgan fingerprint density at radius 2 is 2.19 bits per heavy atom. The van der Waals surface area contributed by atoms with Crippen LogP contribution in [-0.4, -0.2) is 83.5 Å². The first-order chi connectivity index (χ1) is 19.2. The molecule has 0 unspecified atom stereocenters. The number of aliphatic hydroxyl groups is 3. The molecule has 0 saturated heterocycles. The zero-order valence-corrected chi connectivity index (χ0v) is 20.5. The van der Waals surface area contributed by atoms with Gasteiger partial charge in [0.1, 0.15) is 18.0 Å². The van der Waals surface area contributed by atoms with Crippen molar-refractivity contribution in [2.45, 2.75) is 74.5 Å². The van der Waals surface area contributed by atoms with Crippen LogP contribution in [0.3, 0.4) is 0 Å². The van der Waals surface area contributed by atoms with Crippen LogP contribution >= 0.6 is 11.8 Å². The van der Waals surface area contributed by atoms with Gasteiger partial charge in [-0.15, -0.1) is 5.10 Å². The fourth-order valence-corrected chi connectivity index (χ4v) is 4.81. The van der Waals surface area contributed by atoms with Crippen molar-refractivity contribution in [1.29, 1.82) is 0 Å². The summed E-state index contributed by atoms with van der Waals surface area (Å²) in [4.78, 5) is 8.81. The number of fused-ring (bicyclic) bond motifs is 1. The first-order valence-corrected chi connectivity index (χ1v) is 12.5. The Morgan fingerprint density at radius 3 is 2.94 bits per heavy atom. The maximum absolute atomic E-state index is 14.3. The third-order valence-corrected chi connectivity index (χ3v) is 7.03. The summed E-state index contributed by atoms with van der Waals surface area (Å²) in [6.07, 6.45) is -5.29. The van der Waals surface area contributed by atoms with Crippen LogP contribution in [0.25, 0.3) is 11.2 Å². The van der Waals surface area contributed by atoms with E-state index in [1.165, 1.54) is 16.8 Å². The van der Waals surface area contributed by atoms with Crippen molar-refractivity contribution in [2.75, 3.05) is 24.2 Å². The summed E-state index contributed by atoms with van der Waals surface area (Å²) in [6.45, 7) is 2.93. The van der Waals surface area contributed by atoms with Gasteiger partial charge in [0.2, 0.25) is 0 Å². The summed E-state index contributed by atoms with van der Waals surface area (Å²) in [5, 5.41) is 41.4. The molecule has 4 N–H and O–H groups in total. The predicted molar refractivity (Wildman–Crippen MR) is 133 cm³/mol. The normalized spacial score (nSPS) is 33.5. The number of benzene rings is 1. The van der Waals surface area contributed by atoms with Crippen LogP contribution < -0.4 is 5.32 Å². The van der Waals surface area contributed by atoms with Crippen LogP contribution in [-0.2, 0) is 4.74 Å². The number of rotatable bonds is 10. The molecular weight excluding hydrogens is 487 g/mol. The Kier molecular flexibility index (Phi) is 5.77. The van der Waals surface area contributed by atoms with E-state index >= 15 is 0 Å². The minimum Gasteiger partial charge on any atom is -0.394 e. The zero-order chi connectivity index (χ0) is 29.9. The number of halogens is 1. The van der Waals surface area contributed by atoms with Gasteiger partial charge < -0.3 is 25.4 Å². The average Bonchev–Trinajstić information content (AvgIpc) is 3.20. The van der Waals surface area contributed by atoms with Crippen molar-refractivity contribution in [2.24, 2.45) is 0 Å². The Morgan fingerprint density at radius 1 is 1.36 bits per heavy atom. The number of hydrogen-bond acceptors (Lipinski definition) is 10. The molecule has 0 aliphatic heterocycles. The Hall–Kier alpha value is -2.38. The van der Waals surface area contributed by atoms with Crippen molar-refractivity contribution >= 4 is 28.7 Å². The summed E-state index contributed by atoms with van der Waals surface area (Å²) >= 11 is 0.723. The fourth-order valence-electron chi connectivity index (χ4n) is 4.27. The molecule has 2 aliphatic carbocycles. The van der Waals surface area contributed by atoms with Gasteiger partial charge in [0, 0.05) is 29.5 Å². The van der Waals surface area contributed by atoms with E-state index in [1.807, 2.05) is 0 Å². The molecule has 10 nitrogen and oxygen atoms in total. The lowest BCUT2D eigenvalue weighted by Crippen LogP contribution is -2.33. The molecule has 2 heterocycles. The quantitative estimate of drug-likeness (QED) is 0.231. The second-order valence-electron chi connectivity index (χ2n) is 8.70. The number of ether oxygens (including phenoxy) is 1. The van der Waals surface area contributed by atoms with Crippen molar-refractivity contribution in [3.63, 3.8) is 0 Å². The van der Waals surface area contributed by atoms with Gasteiger partial charge in [-0.05, 0) is 36.9 Å². The van der Waals surface area contributed by atoms with Crippen LogP contribution in [0, 0.1) is 12.7 Å². The van der Waals surface area contributed by atoms with Gasteiger partial charge in [0.25, 0.3) is 0 Å². The maximum Gasteiger partial charge on any atom is 0.191 e. The lowest BCUT2D eigenvalue weighted by molar-refractivity contribution is -0.0629. The molecule has 12 heteroatoms. The van der Waals surface area contributed by atoms with Gasteiger partial charge >= 0.3 is 0 Å². The molecule has 194 valence electrons. The minimum atomic E-state index is -2.13. The number of nitrogens with zero attached hydrogens (tertiary/aromatic N) is 5. The van der Waals surface area contributed by atoms with Gasteiger partial charge in [-0.1, -0.05) is 36.0 Å². The van der Waals surface area contributed by atoms with E-state index in [2.05, 4.69) is 25.6 Å². The van der Waals surface area contributed by atoms with Crippen molar-refractivity contribution in [3.05, 3.63) is 35.1 Å². The van der Waals surface area contributed by atoms with Crippen molar-refractivity contribution in [1.82, 2.24) is 25.0 Å². The molecule has 2 aromatic heterocycles. The van der Waals surface area contributed by atoms with Gasteiger partial charge in [0.05, 0.1) is 26.7 Å². The smallest absolute Gasteiger partial charge is 0.191 e. The van der Waals surface area contributed by atoms with E-state index in [9.17, 15) is 14.6 Å². The topological polar surface area (TPSA) is 138 Å². The van der Waals surface area contributed by atoms with Crippen molar-refractivity contribution < 1.29 is 31.3 Å². The molecule has 1 aromatic carbocycles. The summed E-state index contributed by atoms with van der Waals surface area (Å²) in [5.74, 6) is -1.65. The molecule has 3 aromatic rings. The molecule has 0 radical (unpaired) electrons. The molecule has 6 atom stereocenters. The SMILES string of the molecule is [2H]C([2H])(CC)Sc1nc(N[C@@]2([2H])[C@H](c3ccc(C)c(F)c3)C2([2H])[2H])c2nnn([C@@H]3C[C@H](OCCO)[C@@H](O)[C@H]3O)c2n1. The number of aliphatic hydroxyl groups excluding tert-OH is 3. The lowest BCUT2D eigenvalue weighted by Gasteiger charge is -2.17. The number of nitrogens with one attached hydrogen (secondary N) is 1. The monoisotopic (exact) mass is 523 g/mol. The van der Waals surface area contributed by atoms with Gasteiger partial charge in [-0.2, -0.15) is 0 Å². The lowest BCUT2D eigenvalue weighted by atomic mass is 10.1. The second-order valence-corrected chi connectivity index (χ2v) is 9.56. The molecule has 36 heavy (non-hydrogen) atoms. The average molecular weight is 524 g/mol. The van der Waals surface area contributed by atoms with Gasteiger partial charge in [0.15, 0.2) is 22.1 Å². The van der Waals surface area contributed by atoms with E-state index in [1.54, 1.807) is 19.9 Å². The molecule has 0 bridgehead atoms. The zero-order valence-electron chi connectivity index (χ0n) is 24.7. The van der Waals surface area contributed by atoms with Gasteiger partial charge in [-0.25, -0.2) is 19.0 Å². The molecule has 2 saturated carbocycles. The van der Waals surface area contributed by atoms with Crippen LogP contribution in [0.2, 0.25) is 0 Å². The Bertz CT molecular complexity index is 1450. The predicted octanol–water partition coefficient (Wildman–Crippen LogP) is 2.18. The molecule has 2 fully saturated rings. The number of anilines is 1. The Balaban J connectivity index is 1.55. The van der Waals surface area contributed by atoms with E-state index in [4.69, 9.17) is 16.7 Å². The molecule has 2 aliphatic rings. The molecular formula is C24H31FN6O4S. The van der Waals surface area contributed by atoms with E-state index < -0.39 is 54.2 Å². The number of aromatic nitrogens is 5. The summed E-state index contributed by atoms with van der Waals surface area (Å²) in [6, 6.07) is 1.49. The van der Waals surface area contributed by atoms with E-state index in [0.29, 0.717) is 11.1 Å². The first-order valence-electron chi connectivity index (χ1n) is 14.2. The third kappa shape index (κ3) is 4.92. The highest BCUT2D eigenvalue weighted by molar-refractivity contribution is 7.99. The van der Waals surface area contributed by atoms with Crippen LogP contribution in [0.5, 0.6) is 0 Å². The van der Waals surface area contributed by atoms with E-state index in [-0.39, 0.29) is 48.2 Å². The van der Waals surface area contributed by atoms with Crippen molar-refractivity contribution in [3.8, 4) is 0 Å². The number of hydrogen-bond donors (Lipinski definition) is 4. The summed E-state index contributed by atoms with van der Waals surface area (Å²) in [5.41, 5.74) is -0.967. The highest BCUT2D eigenvalue weighted by atomic mass is 32.2. The van der Waals surface area contributed by atoms with Gasteiger partial charge in [-0.3, -0.25) is 0 Å². The van der Waals surface area contributed by atoms with Crippen LogP contribution in [0.4, 0.5) is 10.2 Å². The second kappa shape index (κ2) is 10.5. The largest absolute Gasteiger partial charge is 0.394 e. The maximum atomic E-state index is 14.3. The number of thioether (sulfide) groups is 1. The first kappa shape index (κ1) is 19.7. The standard InChI is InChI=1S/C24H31FN6O4S/c1-3-8-36-24-27-22(26-16-10-14(16)13-5-4-12(2)15(25)9-13)19-23(28-24)31(30-29-19)17-11-18(35-7-6-32)21(34)20(17)33/h4-5,9,14,16-18,20-21,32-34H,3,6-8,10-11H2,1-2H3,(H,26,27,28)/t14-,16+,17+,18-,20-,21+/m0/s1/i8D2,10D2,16D. The van der Waals surface area contributed by atoms with Crippen LogP contribution in [0.15, 0.2) is 23.4 Å². The number of aryl methyl sites for hydroxylation is 1. The molecule has 5 rings (SSSR count). The minimum absolute atomic E-state index is 0.0380. The summed E-state index contributed by atoms with van der Waals surface area (Å²) in [7, 11) is 0. The highest BCUT2D eigenvalue weighted by Crippen LogP contribution is 2.44. The molecule has 0 amide bonds. The van der Waals surface area contributed by atoms with E-state index in [0.717, 1.165) is 11.8 Å². The highest BCUT2D eigenvalue weighted by Gasteiger charge is 2.45. The Labute approximate surface area is 219 Å². The van der Waals surface area contributed by atoms with Crippen LogP contribution in [0.1, 0.15) is 56.1 Å².